The van der Waals surface area contributed by atoms with Crippen LogP contribution in [0, 0.1) is 13.8 Å². The third-order valence-electron chi connectivity index (χ3n) is 2.98. The third kappa shape index (κ3) is 3.85. The van der Waals surface area contributed by atoms with Crippen LogP contribution in [0.2, 0.25) is 0 Å². The molecule has 0 unspecified atom stereocenters. The van der Waals surface area contributed by atoms with Crippen LogP contribution in [0.15, 0.2) is 34.9 Å². The highest BCUT2D eigenvalue weighted by Crippen LogP contribution is 2.11. The molecule has 0 atom stereocenters. The van der Waals surface area contributed by atoms with E-state index in [1.165, 1.54) is 0 Å². The molecule has 0 aliphatic rings. The number of amides is 1. The molecule has 0 bridgehead atoms. The topological polar surface area (TPSA) is 64.4 Å². The maximum atomic E-state index is 11.7. The number of ether oxygens (including phenoxy) is 1. The highest BCUT2D eigenvalue weighted by molar-refractivity contribution is 5.76. The molecule has 1 amide bonds. The lowest BCUT2D eigenvalue weighted by atomic mass is 10.2. The summed E-state index contributed by atoms with van der Waals surface area (Å²) in [6.07, 6.45) is 0.318. The largest absolute Gasteiger partial charge is 0.493 e. The Morgan fingerprint density at radius 3 is 2.70 bits per heavy atom. The average Bonchev–Trinajstić information content (AvgIpc) is 2.77. The Kier molecular flexibility index (Phi) is 4.76. The number of aromatic nitrogens is 1. The second-order valence-electron chi connectivity index (χ2n) is 4.49. The zero-order valence-electron chi connectivity index (χ0n) is 11.7. The summed E-state index contributed by atoms with van der Waals surface area (Å²) in [5.74, 6) is 1.45. The van der Waals surface area contributed by atoms with Gasteiger partial charge in [0.15, 0.2) is 0 Å². The number of nitrogens with zero attached hydrogens (tertiary/aromatic N) is 1. The van der Waals surface area contributed by atoms with Gasteiger partial charge in [-0.2, -0.15) is 0 Å². The Morgan fingerprint density at radius 2 is 2.05 bits per heavy atom. The number of para-hydroxylation sites is 1. The van der Waals surface area contributed by atoms with Gasteiger partial charge in [0.25, 0.3) is 0 Å². The maximum Gasteiger partial charge on any atom is 0.223 e. The normalized spacial score (nSPS) is 10.3. The quantitative estimate of drug-likeness (QED) is 0.878. The summed E-state index contributed by atoms with van der Waals surface area (Å²) < 4.78 is 10.5. The summed E-state index contributed by atoms with van der Waals surface area (Å²) in [6, 6.07) is 9.44. The molecule has 0 spiro atoms. The molecule has 1 heterocycles. The van der Waals surface area contributed by atoms with E-state index >= 15 is 0 Å². The van der Waals surface area contributed by atoms with Gasteiger partial charge in [0, 0.05) is 12.1 Å². The summed E-state index contributed by atoms with van der Waals surface area (Å²) in [4.78, 5) is 11.7. The van der Waals surface area contributed by atoms with Crippen molar-refractivity contribution in [2.24, 2.45) is 0 Å². The summed E-state index contributed by atoms with van der Waals surface area (Å²) >= 11 is 0. The molecule has 1 N–H and O–H groups in total. The molecule has 0 aliphatic heterocycles. The van der Waals surface area contributed by atoms with Crippen molar-refractivity contribution in [2.75, 3.05) is 6.61 Å². The molecule has 0 saturated heterocycles. The second-order valence-corrected chi connectivity index (χ2v) is 4.49. The highest BCUT2D eigenvalue weighted by atomic mass is 16.5. The molecule has 2 aromatic rings. The van der Waals surface area contributed by atoms with Crippen LogP contribution in [0.1, 0.15) is 23.4 Å². The number of carbonyl (C=O) groups excluding carboxylic acids is 1. The van der Waals surface area contributed by atoms with E-state index < -0.39 is 0 Å². The van der Waals surface area contributed by atoms with Crippen LogP contribution in [0.4, 0.5) is 0 Å². The first kappa shape index (κ1) is 14.1. The van der Waals surface area contributed by atoms with Crippen molar-refractivity contribution in [1.29, 1.82) is 0 Å². The van der Waals surface area contributed by atoms with Crippen molar-refractivity contribution in [2.45, 2.75) is 26.8 Å². The predicted octanol–water partition coefficient (Wildman–Crippen LogP) is 2.38. The Bertz CT molecular complexity index is 544. The van der Waals surface area contributed by atoms with E-state index in [4.69, 9.17) is 9.26 Å². The van der Waals surface area contributed by atoms with Crippen molar-refractivity contribution in [3.8, 4) is 5.75 Å². The van der Waals surface area contributed by atoms with Crippen LogP contribution in [-0.4, -0.2) is 17.7 Å². The van der Waals surface area contributed by atoms with E-state index in [0.717, 1.165) is 22.8 Å². The van der Waals surface area contributed by atoms with Crippen LogP contribution in [0.5, 0.6) is 5.75 Å². The average molecular weight is 274 g/mol. The predicted molar refractivity (Wildman–Crippen MR) is 74.4 cm³/mol. The van der Waals surface area contributed by atoms with Crippen molar-refractivity contribution >= 4 is 5.91 Å². The van der Waals surface area contributed by atoms with Crippen molar-refractivity contribution in [3.05, 3.63) is 47.3 Å². The molecule has 1 aromatic carbocycles. The van der Waals surface area contributed by atoms with Gasteiger partial charge in [-0.05, 0) is 26.0 Å². The first-order chi connectivity index (χ1) is 9.66. The number of hydrogen-bond donors (Lipinski definition) is 1. The molecule has 0 aliphatic carbocycles. The fourth-order valence-electron chi connectivity index (χ4n) is 1.81. The van der Waals surface area contributed by atoms with E-state index in [2.05, 4.69) is 10.5 Å². The van der Waals surface area contributed by atoms with Crippen molar-refractivity contribution in [3.63, 3.8) is 0 Å². The number of rotatable bonds is 6. The monoisotopic (exact) mass is 274 g/mol. The van der Waals surface area contributed by atoms with E-state index in [1.807, 2.05) is 44.2 Å². The Labute approximate surface area is 117 Å². The summed E-state index contributed by atoms with van der Waals surface area (Å²) in [7, 11) is 0. The van der Waals surface area contributed by atoms with E-state index in [9.17, 15) is 4.79 Å². The summed E-state index contributed by atoms with van der Waals surface area (Å²) in [5, 5.41) is 6.68. The van der Waals surface area contributed by atoms with Crippen LogP contribution in [0.25, 0.3) is 0 Å². The van der Waals surface area contributed by atoms with Gasteiger partial charge in [-0.3, -0.25) is 4.79 Å². The zero-order chi connectivity index (χ0) is 14.4. The van der Waals surface area contributed by atoms with Gasteiger partial charge in [-0.25, -0.2) is 0 Å². The molecule has 5 nitrogen and oxygen atoms in total. The molecule has 20 heavy (non-hydrogen) atoms. The van der Waals surface area contributed by atoms with Gasteiger partial charge in [-0.1, -0.05) is 23.4 Å². The number of nitrogens with one attached hydrogen (secondary N) is 1. The number of carbonyl (C=O) groups is 1. The Morgan fingerprint density at radius 1 is 1.30 bits per heavy atom. The fourth-order valence-corrected chi connectivity index (χ4v) is 1.81. The molecule has 0 saturated carbocycles. The minimum atomic E-state index is -0.0547. The van der Waals surface area contributed by atoms with E-state index in [1.54, 1.807) is 0 Å². The van der Waals surface area contributed by atoms with Gasteiger partial charge < -0.3 is 14.6 Å². The lowest BCUT2D eigenvalue weighted by Gasteiger charge is -2.07. The van der Waals surface area contributed by atoms with Gasteiger partial charge >= 0.3 is 0 Å². The SMILES string of the molecule is Cc1noc(C)c1CNC(=O)CCOc1ccccc1. The first-order valence-corrected chi connectivity index (χ1v) is 6.53. The fraction of sp³-hybridized carbons (Fsp3) is 0.333. The molecule has 106 valence electrons. The molecular formula is C15H18N2O3. The molecule has 5 heteroatoms. The van der Waals surface area contributed by atoms with Gasteiger partial charge in [-0.15, -0.1) is 0 Å². The van der Waals surface area contributed by atoms with Crippen LogP contribution in [0.3, 0.4) is 0 Å². The van der Waals surface area contributed by atoms with Crippen molar-refractivity contribution < 1.29 is 14.1 Å². The first-order valence-electron chi connectivity index (χ1n) is 6.53. The second kappa shape index (κ2) is 6.75. The minimum Gasteiger partial charge on any atom is -0.493 e. The summed E-state index contributed by atoms with van der Waals surface area (Å²) in [5.41, 5.74) is 1.74. The van der Waals surface area contributed by atoms with Gasteiger partial charge in [0.05, 0.1) is 18.7 Å². The number of hydrogen-bond acceptors (Lipinski definition) is 4. The van der Waals surface area contributed by atoms with Crippen LogP contribution < -0.4 is 10.1 Å². The zero-order valence-corrected chi connectivity index (χ0v) is 11.7. The lowest BCUT2D eigenvalue weighted by molar-refractivity contribution is -0.121. The molecule has 0 radical (unpaired) electrons. The summed E-state index contributed by atoms with van der Waals surface area (Å²) in [6.45, 7) is 4.49. The lowest BCUT2D eigenvalue weighted by Crippen LogP contribution is -2.24. The third-order valence-corrected chi connectivity index (χ3v) is 2.98. The standard InChI is InChI=1S/C15H18N2O3/c1-11-14(12(2)20-17-11)10-16-15(18)8-9-19-13-6-4-3-5-7-13/h3-7H,8-10H2,1-2H3,(H,16,18). The van der Waals surface area contributed by atoms with Gasteiger partial charge in [0.2, 0.25) is 5.91 Å². The number of aryl methyl sites for hydroxylation is 2. The smallest absolute Gasteiger partial charge is 0.223 e. The Hall–Kier alpha value is -2.30. The minimum absolute atomic E-state index is 0.0547. The van der Waals surface area contributed by atoms with Gasteiger partial charge in [0.1, 0.15) is 11.5 Å². The number of benzene rings is 1. The van der Waals surface area contributed by atoms with E-state index in [-0.39, 0.29) is 5.91 Å². The molecule has 2 rings (SSSR count). The maximum absolute atomic E-state index is 11.7. The highest BCUT2D eigenvalue weighted by Gasteiger charge is 2.10. The van der Waals surface area contributed by atoms with E-state index in [0.29, 0.717) is 19.6 Å². The van der Waals surface area contributed by atoms with Crippen LogP contribution >= 0.6 is 0 Å². The molecule has 1 aromatic heterocycles. The Balaban J connectivity index is 1.71. The van der Waals surface area contributed by atoms with Crippen molar-refractivity contribution in [1.82, 2.24) is 10.5 Å². The van der Waals surface area contributed by atoms with Crippen LogP contribution in [-0.2, 0) is 11.3 Å². The molecule has 0 fully saturated rings. The molecular weight excluding hydrogens is 256 g/mol.